The Kier molecular flexibility index (Phi) is 5.67. The Morgan fingerprint density at radius 2 is 1.59 bits per heavy atom. The van der Waals surface area contributed by atoms with Gasteiger partial charge in [-0.15, -0.1) is 0 Å². The molecule has 0 aliphatic rings. The van der Waals surface area contributed by atoms with E-state index in [9.17, 15) is 9.59 Å². The number of benzene rings is 3. The Morgan fingerprint density at radius 1 is 0.889 bits per heavy atom. The summed E-state index contributed by atoms with van der Waals surface area (Å²) >= 11 is 0. The molecule has 3 rings (SSSR count). The molecular weight excluding hydrogens is 336 g/mol. The van der Waals surface area contributed by atoms with Crippen molar-refractivity contribution in [3.8, 4) is 0 Å². The van der Waals surface area contributed by atoms with E-state index >= 15 is 0 Å². The third kappa shape index (κ3) is 4.82. The minimum atomic E-state index is -0.139. The molecule has 0 radical (unpaired) electrons. The highest BCUT2D eigenvalue weighted by atomic mass is 16.2. The molecule has 0 unspecified atom stereocenters. The van der Waals surface area contributed by atoms with E-state index in [2.05, 4.69) is 5.32 Å². The van der Waals surface area contributed by atoms with Crippen molar-refractivity contribution in [1.82, 2.24) is 0 Å². The van der Waals surface area contributed by atoms with Crippen LogP contribution < -0.4 is 10.2 Å². The van der Waals surface area contributed by atoms with Crippen LogP contribution in [0.4, 0.5) is 11.4 Å². The molecule has 0 fully saturated rings. The molecule has 4 heteroatoms. The van der Waals surface area contributed by atoms with Crippen LogP contribution in [0.15, 0.2) is 78.9 Å². The van der Waals surface area contributed by atoms with Crippen molar-refractivity contribution in [1.29, 1.82) is 0 Å². The molecule has 0 spiro atoms. The highest BCUT2D eigenvalue weighted by Gasteiger charge is 2.18. The standard InChI is InChI=1S/C23H22N2O2/c1-17-7-6-10-22(15-17)25(16-19-8-4-3-5-9-19)23(27)20-11-13-21(14-12-20)24-18(2)26/h3-15H,16H2,1-2H3,(H,24,26). The average molecular weight is 358 g/mol. The van der Waals surface area contributed by atoms with Gasteiger partial charge in [-0.3, -0.25) is 9.59 Å². The number of rotatable bonds is 5. The van der Waals surface area contributed by atoms with Crippen LogP contribution in [0.25, 0.3) is 0 Å². The molecule has 0 aliphatic carbocycles. The molecule has 0 aromatic heterocycles. The van der Waals surface area contributed by atoms with E-state index in [1.807, 2.05) is 61.5 Å². The number of carbonyl (C=O) groups excluding carboxylic acids is 2. The average Bonchev–Trinajstić information content (AvgIpc) is 2.66. The summed E-state index contributed by atoms with van der Waals surface area (Å²) in [5.74, 6) is -0.224. The summed E-state index contributed by atoms with van der Waals surface area (Å²) in [5.41, 5.74) is 4.25. The molecule has 136 valence electrons. The fourth-order valence-electron chi connectivity index (χ4n) is 2.90. The Hall–Kier alpha value is -3.40. The molecule has 3 aromatic carbocycles. The van der Waals surface area contributed by atoms with Gasteiger partial charge in [0.15, 0.2) is 0 Å². The monoisotopic (exact) mass is 358 g/mol. The van der Waals surface area contributed by atoms with Crippen molar-refractivity contribution in [3.05, 3.63) is 95.6 Å². The highest BCUT2D eigenvalue weighted by Crippen LogP contribution is 2.22. The van der Waals surface area contributed by atoms with Crippen molar-refractivity contribution in [2.75, 3.05) is 10.2 Å². The number of hydrogen-bond acceptors (Lipinski definition) is 2. The fourth-order valence-corrected chi connectivity index (χ4v) is 2.90. The minimum Gasteiger partial charge on any atom is -0.326 e. The third-order valence-electron chi connectivity index (χ3n) is 4.19. The molecule has 0 atom stereocenters. The largest absolute Gasteiger partial charge is 0.326 e. The van der Waals surface area contributed by atoms with E-state index in [0.717, 1.165) is 16.8 Å². The molecule has 4 nitrogen and oxygen atoms in total. The zero-order valence-electron chi connectivity index (χ0n) is 15.5. The van der Waals surface area contributed by atoms with E-state index in [4.69, 9.17) is 0 Å². The number of amides is 2. The molecule has 0 bridgehead atoms. The van der Waals surface area contributed by atoms with E-state index in [-0.39, 0.29) is 11.8 Å². The van der Waals surface area contributed by atoms with Crippen LogP contribution in [0.2, 0.25) is 0 Å². The maximum absolute atomic E-state index is 13.2. The van der Waals surface area contributed by atoms with Crippen LogP contribution in [-0.2, 0) is 11.3 Å². The molecule has 0 saturated heterocycles. The molecule has 0 heterocycles. The molecule has 0 saturated carbocycles. The lowest BCUT2D eigenvalue weighted by Gasteiger charge is -2.24. The predicted octanol–water partition coefficient (Wildman–Crippen LogP) is 4.80. The first kappa shape index (κ1) is 18.4. The summed E-state index contributed by atoms with van der Waals surface area (Å²) in [6.45, 7) is 3.95. The summed E-state index contributed by atoms with van der Waals surface area (Å²) in [5, 5.41) is 2.72. The van der Waals surface area contributed by atoms with Gasteiger partial charge < -0.3 is 10.2 Å². The normalized spacial score (nSPS) is 10.3. The number of anilines is 2. The summed E-state index contributed by atoms with van der Waals surface area (Å²) in [6, 6.07) is 24.8. The van der Waals surface area contributed by atoms with Gasteiger partial charge in [0.05, 0.1) is 6.54 Å². The van der Waals surface area contributed by atoms with E-state index in [0.29, 0.717) is 17.8 Å². The third-order valence-corrected chi connectivity index (χ3v) is 4.19. The summed E-state index contributed by atoms with van der Waals surface area (Å²) in [7, 11) is 0. The first-order valence-corrected chi connectivity index (χ1v) is 8.83. The second kappa shape index (κ2) is 8.32. The van der Waals surface area contributed by atoms with Gasteiger partial charge in [-0.25, -0.2) is 0 Å². The predicted molar refractivity (Wildman–Crippen MR) is 109 cm³/mol. The van der Waals surface area contributed by atoms with E-state index in [1.54, 1.807) is 29.2 Å². The van der Waals surface area contributed by atoms with Crippen LogP contribution in [0.5, 0.6) is 0 Å². The van der Waals surface area contributed by atoms with Crippen LogP contribution in [0.3, 0.4) is 0 Å². The van der Waals surface area contributed by atoms with Gasteiger partial charge in [-0.1, -0.05) is 42.5 Å². The van der Waals surface area contributed by atoms with Gasteiger partial charge in [-0.05, 0) is 54.4 Å². The number of hydrogen-bond donors (Lipinski definition) is 1. The highest BCUT2D eigenvalue weighted by molar-refractivity contribution is 6.06. The second-order valence-corrected chi connectivity index (χ2v) is 6.47. The van der Waals surface area contributed by atoms with Gasteiger partial charge >= 0.3 is 0 Å². The van der Waals surface area contributed by atoms with Crippen LogP contribution in [0, 0.1) is 6.92 Å². The Bertz CT molecular complexity index is 934. The quantitative estimate of drug-likeness (QED) is 0.712. The van der Waals surface area contributed by atoms with Crippen molar-refractivity contribution in [2.45, 2.75) is 20.4 Å². The number of nitrogens with zero attached hydrogens (tertiary/aromatic N) is 1. The zero-order valence-corrected chi connectivity index (χ0v) is 15.5. The maximum Gasteiger partial charge on any atom is 0.258 e. The molecular formula is C23H22N2O2. The number of carbonyl (C=O) groups is 2. The van der Waals surface area contributed by atoms with Gasteiger partial charge in [0.1, 0.15) is 0 Å². The second-order valence-electron chi connectivity index (χ2n) is 6.47. The van der Waals surface area contributed by atoms with Gasteiger partial charge in [-0.2, -0.15) is 0 Å². The van der Waals surface area contributed by atoms with Gasteiger partial charge in [0.25, 0.3) is 5.91 Å². The maximum atomic E-state index is 13.2. The summed E-state index contributed by atoms with van der Waals surface area (Å²) in [6.07, 6.45) is 0. The number of nitrogens with one attached hydrogen (secondary N) is 1. The topological polar surface area (TPSA) is 49.4 Å². The van der Waals surface area contributed by atoms with Gasteiger partial charge in [0, 0.05) is 23.9 Å². The first-order valence-electron chi connectivity index (χ1n) is 8.83. The van der Waals surface area contributed by atoms with Crippen LogP contribution >= 0.6 is 0 Å². The lowest BCUT2D eigenvalue weighted by Crippen LogP contribution is -2.30. The Morgan fingerprint density at radius 3 is 2.22 bits per heavy atom. The van der Waals surface area contributed by atoms with Crippen molar-refractivity contribution in [3.63, 3.8) is 0 Å². The van der Waals surface area contributed by atoms with Crippen LogP contribution in [0.1, 0.15) is 28.4 Å². The van der Waals surface area contributed by atoms with Gasteiger partial charge in [0.2, 0.25) is 5.91 Å². The fraction of sp³-hybridized carbons (Fsp3) is 0.130. The summed E-state index contributed by atoms with van der Waals surface area (Å²) in [4.78, 5) is 26.2. The Balaban J connectivity index is 1.91. The minimum absolute atomic E-state index is 0.0844. The number of aryl methyl sites for hydroxylation is 1. The van der Waals surface area contributed by atoms with E-state index in [1.165, 1.54) is 6.92 Å². The molecule has 2 amide bonds. The first-order chi connectivity index (χ1) is 13.0. The van der Waals surface area contributed by atoms with Crippen LogP contribution in [-0.4, -0.2) is 11.8 Å². The molecule has 27 heavy (non-hydrogen) atoms. The molecule has 0 aliphatic heterocycles. The van der Waals surface area contributed by atoms with Crippen molar-refractivity contribution < 1.29 is 9.59 Å². The lowest BCUT2D eigenvalue weighted by atomic mass is 10.1. The molecule has 3 aromatic rings. The SMILES string of the molecule is CC(=O)Nc1ccc(C(=O)N(Cc2ccccc2)c2cccc(C)c2)cc1. The lowest BCUT2D eigenvalue weighted by molar-refractivity contribution is -0.114. The zero-order chi connectivity index (χ0) is 19.2. The van der Waals surface area contributed by atoms with Crippen molar-refractivity contribution in [2.24, 2.45) is 0 Å². The van der Waals surface area contributed by atoms with Crippen molar-refractivity contribution >= 4 is 23.2 Å². The smallest absolute Gasteiger partial charge is 0.258 e. The Labute approximate surface area is 159 Å². The summed E-state index contributed by atoms with van der Waals surface area (Å²) < 4.78 is 0. The molecule has 1 N–H and O–H groups in total. The van der Waals surface area contributed by atoms with E-state index < -0.39 is 0 Å².